The van der Waals surface area contributed by atoms with E-state index in [2.05, 4.69) is 43.2 Å². The van der Waals surface area contributed by atoms with E-state index in [4.69, 9.17) is 0 Å². The van der Waals surface area contributed by atoms with E-state index in [9.17, 15) is 0 Å². The van der Waals surface area contributed by atoms with E-state index >= 15 is 0 Å². The molecule has 0 aliphatic heterocycles. The zero-order chi connectivity index (χ0) is 9.97. The smallest absolute Gasteiger partial charge is 0.0893 e. The SMILES string of the molecule is Cc1cccc(C)c1-c1ccc[c]n1. The molecule has 0 amide bonds. The van der Waals surface area contributed by atoms with Crippen LogP contribution in [0.1, 0.15) is 11.1 Å². The molecule has 0 unspecified atom stereocenters. The topological polar surface area (TPSA) is 12.9 Å². The minimum absolute atomic E-state index is 1.00. The highest BCUT2D eigenvalue weighted by Gasteiger charge is 2.04. The molecule has 1 radical (unpaired) electrons. The highest BCUT2D eigenvalue weighted by molar-refractivity contribution is 5.66. The zero-order valence-electron chi connectivity index (χ0n) is 8.41. The minimum atomic E-state index is 1.00. The van der Waals surface area contributed by atoms with Gasteiger partial charge in [0.1, 0.15) is 0 Å². The van der Waals surface area contributed by atoms with Gasteiger partial charge in [0.15, 0.2) is 0 Å². The molecule has 0 saturated carbocycles. The third-order valence-corrected chi connectivity index (χ3v) is 2.35. The summed E-state index contributed by atoms with van der Waals surface area (Å²) in [6.07, 6.45) is 2.86. The van der Waals surface area contributed by atoms with Crippen molar-refractivity contribution >= 4 is 0 Å². The van der Waals surface area contributed by atoms with Crippen molar-refractivity contribution in [2.45, 2.75) is 13.8 Å². The Kier molecular flexibility index (Phi) is 2.32. The normalized spacial score (nSPS) is 10.1. The lowest BCUT2D eigenvalue weighted by atomic mass is 10.00. The Morgan fingerprint density at radius 2 is 1.71 bits per heavy atom. The summed E-state index contributed by atoms with van der Waals surface area (Å²) in [5, 5.41) is 0. The van der Waals surface area contributed by atoms with E-state index in [1.165, 1.54) is 16.7 Å². The van der Waals surface area contributed by atoms with Crippen molar-refractivity contribution in [1.82, 2.24) is 4.98 Å². The lowest BCUT2D eigenvalue weighted by Crippen LogP contribution is -1.89. The second kappa shape index (κ2) is 3.62. The molecule has 1 aromatic carbocycles. The van der Waals surface area contributed by atoms with E-state index in [-0.39, 0.29) is 0 Å². The predicted molar refractivity (Wildman–Crippen MR) is 58.0 cm³/mol. The molecular weight excluding hydrogens is 170 g/mol. The fourth-order valence-electron chi connectivity index (χ4n) is 1.68. The van der Waals surface area contributed by atoms with E-state index in [1.807, 2.05) is 18.2 Å². The number of hydrogen-bond acceptors (Lipinski definition) is 1. The first kappa shape index (κ1) is 8.95. The van der Waals surface area contributed by atoms with Crippen molar-refractivity contribution in [2.24, 2.45) is 0 Å². The number of rotatable bonds is 1. The molecule has 1 aromatic heterocycles. The van der Waals surface area contributed by atoms with Gasteiger partial charge >= 0.3 is 0 Å². The van der Waals surface area contributed by atoms with Gasteiger partial charge in [-0.1, -0.05) is 24.3 Å². The summed E-state index contributed by atoms with van der Waals surface area (Å²) in [4.78, 5) is 4.25. The monoisotopic (exact) mass is 182 g/mol. The minimum Gasteiger partial charge on any atom is -0.246 e. The van der Waals surface area contributed by atoms with Crippen LogP contribution in [0.2, 0.25) is 0 Å². The van der Waals surface area contributed by atoms with Crippen LogP contribution in [0.3, 0.4) is 0 Å². The van der Waals surface area contributed by atoms with Gasteiger partial charge in [-0.05, 0) is 37.1 Å². The third kappa shape index (κ3) is 1.53. The van der Waals surface area contributed by atoms with E-state index < -0.39 is 0 Å². The summed E-state index contributed by atoms with van der Waals surface area (Å²) < 4.78 is 0. The fourth-order valence-corrected chi connectivity index (χ4v) is 1.68. The molecule has 0 N–H and O–H groups in total. The number of hydrogen-bond donors (Lipinski definition) is 0. The Morgan fingerprint density at radius 1 is 1.00 bits per heavy atom. The van der Waals surface area contributed by atoms with Crippen LogP contribution in [0, 0.1) is 20.0 Å². The highest BCUT2D eigenvalue weighted by atomic mass is 14.7. The molecular formula is C13H12N. The molecule has 1 heteroatoms. The van der Waals surface area contributed by atoms with E-state index in [1.54, 1.807) is 0 Å². The van der Waals surface area contributed by atoms with Crippen molar-refractivity contribution in [1.29, 1.82) is 0 Å². The van der Waals surface area contributed by atoms with E-state index in [0.717, 1.165) is 5.69 Å². The molecule has 69 valence electrons. The van der Waals surface area contributed by atoms with Crippen molar-refractivity contribution in [3.8, 4) is 11.3 Å². The summed E-state index contributed by atoms with van der Waals surface area (Å²) in [6, 6.07) is 12.1. The van der Waals surface area contributed by atoms with Gasteiger partial charge in [0.2, 0.25) is 0 Å². The summed E-state index contributed by atoms with van der Waals surface area (Å²) in [5.41, 5.74) is 4.75. The van der Waals surface area contributed by atoms with Gasteiger partial charge in [0.05, 0.1) is 11.9 Å². The summed E-state index contributed by atoms with van der Waals surface area (Å²) in [7, 11) is 0. The second-order valence-corrected chi connectivity index (χ2v) is 3.42. The van der Waals surface area contributed by atoms with Crippen molar-refractivity contribution in [3.63, 3.8) is 0 Å². The van der Waals surface area contributed by atoms with Gasteiger partial charge in [0, 0.05) is 5.56 Å². The molecule has 2 aromatic rings. The number of nitrogens with zero attached hydrogens (tertiary/aromatic N) is 1. The molecule has 0 atom stereocenters. The van der Waals surface area contributed by atoms with Gasteiger partial charge in [-0.2, -0.15) is 0 Å². The number of pyridine rings is 1. The first-order valence-corrected chi connectivity index (χ1v) is 4.69. The summed E-state index contributed by atoms with van der Waals surface area (Å²) in [5.74, 6) is 0. The number of aryl methyl sites for hydroxylation is 2. The standard InChI is InChI=1S/C13H12N/c1-10-6-5-7-11(2)13(10)12-8-3-4-9-14-12/h3-8H,1-2H3. The van der Waals surface area contributed by atoms with Crippen LogP contribution in [-0.4, -0.2) is 4.98 Å². The van der Waals surface area contributed by atoms with Crippen molar-refractivity contribution in [2.75, 3.05) is 0 Å². The molecule has 0 aliphatic rings. The van der Waals surface area contributed by atoms with Crippen molar-refractivity contribution < 1.29 is 0 Å². The van der Waals surface area contributed by atoms with Gasteiger partial charge in [-0.3, -0.25) is 0 Å². The van der Waals surface area contributed by atoms with Crippen LogP contribution < -0.4 is 0 Å². The van der Waals surface area contributed by atoms with Gasteiger partial charge < -0.3 is 0 Å². The third-order valence-electron chi connectivity index (χ3n) is 2.35. The summed E-state index contributed by atoms with van der Waals surface area (Å²) >= 11 is 0. The summed E-state index contributed by atoms with van der Waals surface area (Å²) in [6.45, 7) is 4.22. The maximum Gasteiger partial charge on any atom is 0.0893 e. The largest absolute Gasteiger partial charge is 0.246 e. The second-order valence-electron chi connectivity index (χ2n) is 3.42. The molecule has 14 heavy (non-hydrogen) atoms. The molecule has 1 nitrogen and oxygen atoms in total. The van der Waals surface area contributed by atoms with Crippen LogP contribution in [0.5, 0.6) is 0 Å². The molecule has 0 saturated heterocycles. The van der Waals surface area contributed by atoms with Gasteiger partial charge in [-0.15, -0.1) is 0 Å². The van der Waals surface area contributed by atoms with Crippen molar-refractivity contribution in [3.05, 3.63) is 53.7 Å². The predicted octanol–water partition coefficient (Wildman–Crippen LogP) is 3.17. The lowest BCUT2D eigenvalue weighted by Gasteiger charge is -2.07. The molecule has 1 heterocycles. The van der Waals surface area contributed by atoms with Crippen LogP contribution in [0.15, 0.2) is 36.4 Å². The highest BCUT2D eigenvalue weighted by Crippen LogP contribution is 2.24. The fraction of sp³-hybridized carbons (Fsp3) is 0.154. The van der Waals surface area contributed by atoms with Crippen LogP contribution >= 0.6 is 0 Å². The molecule has 0 spiro atoms. The average Bonchev–Trinajstić information content (AvgIpc) is 2.19. The molecule has 0 aliphatic carbocycles. The van der Waals surface area contributed by atoms with Gasteiger partial charge in [-0.25, -0.2) is 4.98 Å². The Bertz CT molecular complexity index is 412. The Balaban J connectivity index is 2.63. The maximum atomic E-state index is 4.25. The molecule has 0 fully saturated rings. The van der Waals surface area contributed by atoms with Crippen LogP contribution in [0.4, 0.5) is 0 Å². The van der Waals surface area contributed by atoms with Crippen LogP contribution in [-0.2, 0) is 0 Å². The Hall–Kier alpha value is -1.63. The van der Waals surface area contributed by atoms with E-state index in [0.29, 0.717) is 0 Å². The first-order valence-electron chi connectivity index (χ1n) is 4.69. The Morgan fingerprint density at radius 3 is 2.29 bits per heavy atom. The maximum absolute atomic E-state index is 4.25. The van der Waals surface area contributed by atoms with Gasteiger partial charge in [0.25, 0.3) is 0 Å². The quantitative estimate of drug-likeness (QED) is 0.660. The number of benzene rings is 1. The van der Waals surface area contributed by atoms with Crippen LogP contribution in [0.25, 0.3) is 11.3 Å². The Labute approximate surface area is 84.4 Å². The lowest BCUT2D eigenvalue weighted by molar-refractivity contribution is 1.27. The average molecular weight is 182 g/mol. The molecule has 0 bridgehead atoms. The zero-order valence-corrected chi connectivity index (χ0v) is 8.41. The molecule has 2 rings (SSSR count). The number of aromatic nitrogens is 1. The first-order chi connectivity index (χ1) is 6.79.